The van der Waals surface area contributed by atoms with Crippen LogP contribution in [0.1, 0.15) is 40.5 Å². The van der Waals surface area contributed by atoms with E-state index in [1.807, 2.05) is 20.8 Å². The van der Waals surface area contributed by atoms with Crippen LogP contribution in [0.5, 0.6) is 0 Å². The Morgan fingerprint density at radius 2 is 2.11 bits per heavy atom. The van der Waals surface area contributed by atoms with E-state index < -0.39 is 5.60 Å². The molecule has 5 heteroatoms. The summed E-state index contributed by atoms with van der Waals surface area (Å²) in [6, 6.07) is 0.336. The zero-order valence-corrected chi connectivity index (χ0v) is 12.4. The van der Waals surface area contributed by atoms with E-state index in [1.165, 1.54) is 0 Å². The maximum Gasteiger partial charge on any atom is 0.407 e. The lowest BCUT2D eigenvalue weighted by Gasteiger charge is -2.54. The Kier molecular flexibility index (Phi) is 4.36. The van der Waals surface area contributed by atoms with Crippen LogP contribution in [0.2, 0.25) is 0 Å². The summed E-state index contributed by atoms with van der Waals surface area (Å²) in [6.07, 6.45) is 2.11. The maximum atomic E-state index is 11.9. The van der Waals surface area contributed by atoms with Gasteiger partial charge in [0.1, 0.15) is 5.60 Å². The number of likely N-dealkylation sites (N-methyl/N-ethyl adjacent to an activating group) is 1. The van der Waals surface area contributed by atoms with Gasteiger partial charge in [-0.3, -0.25) is 0 Å². The van der Waals surface area contributed by atoms with Gasteiger partial charge in [-0.2, -0.15) is 0 Å². The molecular formula is C14H26N2O3. The number of hydrogen-bond donors (Lipinski definition) is 2. The first-order valence-electron chi connectivity index (χ1n) is 7.27. The molecule has 1 aliphatic heterocycles. The van der Waals surface area contributed by atoms with Gasteiger partial charge in [0.05, 0.1) is 18.2 Å². The lowest BCUT2D eigenvalue weighted by molar-refractivity contribution is -0.127. The summed E-state index contributed by atoms with van der Waals surface area (Å²) < 4.78 is 11.1. The third kappa shape index (κ3) is 3.39. The third-order valence-electron chi connectivity index (χ3n) is 3.74. The molecule has 5 nitrogen and oxygen atoms in total. The second kappa shape index (κ2) is 5.67. The summed E-state index contributed by atoms with van der Waals surface area (Å²) in [7, 11) is 0. The van der Waals surface area contributed by atoms with E-state index in [-0.39, 0.29) is 24.3 Å². The molecule has 0 aromatic rings. The monoisotopic (exact) mass is 270 g/mol. The second-order valence-electron chi connectivity index (χ2n) is 6.40. The number of nitrogens with one attached hydrogen (secondary N) is 2. The molecule has 1 saturated carbocycles. The number of hydrogen-bond acceptors (Lipinski definition) is 4. The molecule has 0 spiro atoms. The molecule has 1 saturated heterocycles. The molecule has 0 radical (unpaired) electrons. The zero-order valence-electron chi connectivity index (χ0n) is 12.4. The summed E-state index contributed by atoms with van der Waals surface area (Å²) >= 11 is 0. The minimum atomic E-state index is -0.454. The van der Waals surface area contributed by atoms with E-state index in [4.69, 9.17) is 9.47 Å². The van der Waals surface area contributed by atoms with Crippen molar-refractivity contribution in [3.63, 3.8) is 0 Å². The second-order valence-corrected chi connectivity index (χ2v) is 6.40. The van der Waals surface area contributed by atoms with Gasteiger partial charge in [0.25, 0.3) is 0 Å². The van der Waals surface area contributed by atoms with Crippen molar-refractivity contribution in [3.8, 4) is 0 Å². The Labute approximate surface area is 115 Å². The van der Waals surface area contributed by atoms with Gasteiger partial charge in [-0.15, -0.1) is 0 Å². The van der Waals surface area contributed by atoms with Gasteiger partial charge in [0.2, 0.25) is 0 Å². The summed E-state index contributed by atoms with van der Waals surface area (Å²) in [5, 5.41) is 6.41. The molecule has 1 heterocycles. The highest BCUT2D eigenvalue weighted by Crippen LogP contribution is 2.38. The highest BCUT2D eigenvalue weighted by Gasteiger charge is 2.52. The highest BCUT2D eigenvalue weighted by atomic mass is 16.6. The normalized spacial score (nSPS) is 34.1. The van der Waals surface area contributed by atoms with Gasteiger partial charge in [-0.25, -0.2) is 4.79 Å². The van der Waals surface area contributed by atoms with E-state index in [1.54, 1.807) is 0 Å². The maximum absolute atomic E-state index is 11.9. The van der Waals surface area contributed by atoms with Gasteiger partial charge in [-0.05, 0) is 40.2 Å². The van der Waals surface area contributed by atoms with Crippen LogP contribution in [0.3, 0.4) is 0 Å². The van der Waals surface area contributed by atoms with Crippen molar-refractivity contribution >= 4 is 6.09 Å². The van der Waals surface area contributed by atoms with Crippen LogP contribution in [-0.4, -0.2) is 43.0 Å². The number of fused-ring (bicyclic) bond motifs is 1. The van der Waals surface area contributed by atoms with Gasteiger partial charge in [0, 0.05) is 12.5 Å². The smallest absolute Gasteiger partial charge is 0.407 e. The van der Waals surface area contributed by atoms with E-state index in [0.29, 0.717) is 5.92 Å². The Balaban J connectivity index is 1.91. The first-order valence-corrected chi connectivity index (χ1v) is 7.27. The summed E-state index contributed by atoms with van der Waals surface area (Å²) in [5.41, 5.74) is -0.454. The molecule has 1 amide bonds. The number of carbonyl (C=O) groups is 1. The number of ether oxygens (including phenoxy) is 2. The van der Waals surface area contributed by atoms with Gasteiger partial charge < -0.3 is 20.1 Å². The average Bonchev–Trinajstić information content (AvgIpc) is 2.31. The summed E-state index contributed by atoms with van der Waals surface area (Å²) in [6.45, 7) is 9.41. The Bertz CT molecular complexity index is 327. The van der Waals surface area contributed by atoms with Crippen LogP contribution in [0.4, 0.5) is 4.79 Å². The Morgan fingerprint density at radius 1 is 1.37 bits per heavy atom. The molecular weight excluding hydrogens is 244 g/mol. The van der Waals surface area contributed by atoms with Crippen molar-refractivity contribution in [2.75, 3.05) is 13.2 Å². The predicted octanol–water partition coefficient (Wildman–Crippen LogP) is 1.67. The highest BCUT2D eigenvalue weighted by molar-refractivity contribution is 5.68. The summed E-state index contributed by atoms with van der Waals surface area (Å²) in [5.74, 6) is 0.422. The summed E-state index contributed by atoms with van der Waals surface area (Å²) in [4.78, 5) is 11.9. The number of amides is 1. The van der Waals surface area contributed by atoms with Crippen molar-refractivity contribution < 1.29 is 14.3 Å². The first-order chi connectivity index (χ1) is 8.92. The lowest BCUT2D eigenvalue weighted by atomic mass is 9.68. The number of alkyl carbamates (subject to hydrolysis) is 1. The van der Waals surface area contributed by atoms with Crippen LogP contribution in [-0.2, 0) is 9.47 Å². The van der Waals surface area contributed by atoms with Crippen molar-refractivity contribution in [2.45, 2.75) is 64.3 Å². The van der Waals surface area contributed by atoms with Crippen LogP contribution in [0.25, 0.3) is 0 Å². The van der Waals surface area contributed by atoms with E-state index in [0.717, 1.165) is 26.0 Å². The van der Waals surface area contributed by atoms with Crippen LogP contribution in [0, 0.1) is 5.92 Å². The largest absolute Gasteiger partial charge is 0.444 e. The fraction of sp³-hybridized carbons (Fsp3) is 0.929. The minimum Gasteiger partial charge on any atom is -0.444 e. The Hall–Kier alpha value is -0.810. The third-order valence-corrected chi connectivity index (χ3v) is 3.74. The Morgan fingerprint density at radius 3 is 2.74 bits per heavy atom. The lowest BCUT2D eigenvalue weighted by Crippen LogP contribution is -2.73. The standard InChI is InChI=1S/C14H26N2O3/c1-5-15-11-10(9-7-6-8-18-12(9)11)16-13(17)19-14(2,3)4/h9-12,15H,5-8H2,1-4H3,(H,16,17). The SMILES string of the molecule is CCNC1C(NC(=O)OC(C)(C)C)C2CCCOC21. The molecule has 2 N–H and O–H groups in total. The van der Waals surface area contributed by atoms with E-state index >= 15 is 0 Å². The molecule has 2 fully saturated rings. The van der Waals surface area contributed by atoms with Crippen molar-refractivity contribution in [2.24, 2.45) is 5.92 Å². The number of rotatable bonds is 3. The molecule has 4 unspecified atom stereocenters. The molecule has 0 aromatic carbocycles. The van der Waals surface area contributed by atoms with Gasteiger partial charge >= 0.3 is 6.09 Å². The zero-order chi connectivity index (χ0) is 14.0. The first kappa shape index (κ1) is 14.6. The fourth-order valence-electron chi connectivity index (χ4n) is 3.02. The molecule has 2 aliphatic rings. The molecule has 2 rings (SSSR count). The van der Waals surface area contributed by atoms with Crippen LogP contribution in [0.15, 0.2) is 0 Å². The molecule has 19 heavy (non-hydrogen) atoms. The average molecular weight is 270 g/mol. The van der Waals surface area contributed by atoms with Gasteiger partial charge in [0.15, 0.2) is 0 Å². The minimum absolute atomic E-state index is 0.125. The number of carbonyl (C=O) groups excluding carboxylic acids is 1. The van der Waals surface area contributed by atoms with E-state index in [2.05, 4.69) is 17.6 Å². The molecule has 110 valence electrons. The quantitative estimate of drug-likeness (QED) is 0.819. The van der Waals surface area contributed by atoms with Crippen molar-refractivity contribution in [3.05, 3.63) is 0 Å². The van der Waals surface area contributed by atoms with Gasteiger partial charge in [-0.1, -0.05) is 6.92 Å². The predicted molar refractivity (Wildman–Crippen MR) is 73.1 cm³/mol. The molecule has 1 aliphatic carbocycles. The fourth-order valence-corrected chi connectivity index (χ4v) is 3.02. The van der Waals surface area contributed by atoms with Crippen LogP contribution < -0.4 is 10.6 Å². The van der Waals surface area contributed by atoms with Crippen LogP contribution >= 0.6 is 0 Å². The molecule has 0 bridgehead atoms. The molecule has 0 aromatic heterocycles. The topological polar surface area (TPSA) is 59.6 Å². The van der Waals surface area contributed by atoms with Crippen molar-refractivity contribution in [1.29, 1.82) is 0 Å². The van der Waals surface area contributed by atoms with E-state index in [9.17, 15) is 4.79 Å². The molecule has 4 atom stereocenters. The van der Waals surface area contributed by atoms with Crippen molar-refractivity contribution in [1.82, 2.24) is 10.6 Å².